The van der Waals surface area contributed by atoms with E-state index in [1.807, 2.05) is 37.4 Å². The fourth-order valence-corrected chi connectivity index (χ4v) is 5.46. The Hall–Kier alpha value is -2.60. The summed E-state index contributed by atoms with van der Waals surface area (Å²) in [5.41, 5.74) is 1.67. The summed E-state index contributed by atoms with van der Waals surface area (Å²) in [4.78, 5) is 28.8. The molecular formula is C24H27NO4S. The molecule has 1 saturated carbocycles. The summed E-state index contributed by atoms with van der Waals surface area (Å²) in [6, 6.07) is 8.77. The first-order valence-electron chi connectivity index (χ1n) is 10.5. The van der Waals surface area contributed by atoms with Gasteiger partial charge in [0, 0.05) is 16.5 Å². The Bertz CT molecular complexity index is 987. The topological polar surface area (TPSA) is 66.8 Å². The number of benzene rings is 1. The molecule has 1 N–H and O–H groups in total. The van der Waals surface area contributed by atoms with Crippen LogP contribution in [-0.4, -0.2) is 34.8 Å². The Morgan fingerprint density at radius 3 is 2.53 bits per heavy atom. The van der Waals surface area contributed by atoms with Crippen LogP contribution in [0.15, 0.2) is 41.3 Å². The van der Waals surface area contributed by atoms with Crippen LogP contribution in [0.5, 0.6) is 5.75 Å². The molecule has 30 heavy (non-hydrogen) atoms. The first kappa shape index (κ1) is 20.7. The number of ketones is 1. The fourth-order valence-electron chi connectivity index (χ4n) is 4.62. The van der Waals surface area contributed by atoms with Crippen molar-refractivity contribution in [2.24, 2.45) is 0 Å². The Kier molecular flexibility index (Phi) is 5.69. The molecule has 2 aromatic rings. The highest BCUT2D eigenvalue weighted by Gasteiger charge is 2.49. The second kappa shape index (κ2) is 8.26. The third-order valence-electron chi connectivity index (χ3n) is 6.14. The molecule has 1 saturated heterocycles. The van der Waals surface area contributed by atoms with Crippen LogP contribution in [0.4, 0.5) is 0 Å². The predicted molar refractivity (Wildman–Crippen MR) is 118 cm³/mol. The Balaban J connectivity index is 1.86. The first-order valence-corrected chi connectivity index (χ1v) is 11.3. The fraction of sp³-hybridized carbons (Fsp3) is 0.417. The number of likely N-dealkylation sites (tertiary alicyclic amines) is 1. The average Bonchev–Trinajstić information content (AvgIpc) is 3.49. The lowest BCUT2D eigenvalue weighted by atomic mass is 9.95. The molecule has 6 heteroatoms. The van der Waals surface area contributed by atoms with Crippen molar-refractivity contribution in [1.29, 1.82) is 0 Å². The van der Waals surface area contributed by atoms with E-state index >= 15 is 0 Å². The lowest BCUT2D eigenvalue weighted by molar-refractivity contribution is -0.141. The molecule has 1 unspecified atom stereocenters. The molecule has 4 rings (SSSR count). The van der Waals surface area contributed by atoms with Gasteiger partial charge < -0.3 is 14.7 Å². The zero-order valence-electron chi connectivity index (χ0n) is 17.6. The predicted octanol–water partition coefficient (Wildman–Crippen LogP) is 5.24. The highest BCUT2D eigenvalue weighted by Crippen LogP contribution is 2.45. The van der Waals surface area contributed by atoms with Crippen LogP contribution >= 0.6 is 11.3 Å². The van der Waals surface area contributed by atoms with Gasteiger partial charge in [0.25, 0.3) is 11.7 Å². The third-order valence-corrected chi connectivity index (χ3v) is 7.06. The molecule has 0 radical (unpaired) electrons. The number of aliphatic hydroxyl groups excluding tert-OH is 1. The van der Waals surface area contributed by atoms with Gasteiger partial charge in [0.2, 0.25) is 0 Å². The SMILES string of the molecule is COc1ccc(/C(O)=C2/C(=O)C(=O)N(C3CCCC3)C2c2cccs2)cc1C(C)C. The van der Waals surface area contributed by atoms with Crippen molar-refractivity contribution in [3.8, 4) is 5.75 Å². The van der Waals surface area contributed by atoms with E-state index in [4.69, 9.17) is 4.74 Å². The number of ether oxygens (including phenoxy) is 1. The van der Waals surface area contributed by atoms with E-state index in [1.165, 1.54) is 11.3 Å². The van der Waals surface area contributed by atoms with Gasteiger partial charge in [-0.1, -0.05) is 32.8 Å². The van der Waals surface area contributed by atoms with Crippen molar-refractivity contribution in [2.45, 2.75) is 57.5 Å². The summed E-state index contributed by atoms with van der Waals surface area (Å²) in [7, 11) is 1.62. The number of methoxy groups -OCH3 is 1. The molecule has 0 bridgehead atoms. The standard InChI is InChI=1S/C24H27NO4S/c1-14(2)17-13-15(10-11-18(17)29-3)22(26)20-21(19-9-6-12-30-19)25(24(28)23(20)27)16-7-4-5-8-16/h6,9-14,16,21,26H,4-5,7-8H2,1-3H3/b22-20-. The Morgan fingerprint density at radius 2 is 1.93 bits per heavy atom. The zero-order chi connectivity index (χ0) is 21.4. The van der Waals surface area contributed by atoms with E-state index in [2.05, 4.69) is 0 Å². The molecule has 1 aromatic heterocycles. The summed E-state index contributed by atoms with van der Waals surface area (Å²) in [6.07, 6.45) is 3.91. The number of carbonyl (C=O) groups is 2. The van der Waals surface area contributed by atoms with E-state index < -0.39 is 17.7 Å². The molecule has 1 aromatic carbocycles. The van der Waals surface area contributed by atoms with Gasteiger partial charge in [-0.05, 0) is 54.0 Å². The lowest BCUT2D eigenvalue weighted by Crippen LogP contribution is -2.37. The number of hydrogen-bond donors (Lipinski definition) is 1. The van der Waals surface area contributed by atoms with Crippen molar-refractivity contribution in [1.82, 2.24) is 4.90 Å². The van der Waals surface area contributed by atoms with Gasteiger partial charge in [0.15, 0.2) is 0 Å². The third kappa shape index (κ3) is 3.43. The molecule has 2 fully saturated rings. The van der Waals surface area contributed by atoms with Crippen LogP contribution in [0.2, 0.25) is 0 Å². The van der Waals surface area contributed by atoms with E-state index in [0.717, 1.165) is 41.9 Å². The molecule has 1 amide bonds. The van der Waals surface area contributed by atoms with Crippen molar-refractivity contribution < 1.29 is 19.4 Å². The summed E-state index contributed by atoms with van der Waals surface area (Å²) in [5.74, 6) is -0.291. The van der Waals surface area contributed by atoms with Crippen molar-refractivity contribution in [2.75, 3.05) is 7.11 Å². The van der Waals surface area contributed by atoms with E-state index in [1.54, 1.807) is 24.1 Å². The Labute approximate surface area is 181 Å². The van der Waals surface area contributed by atoms with E-state index in [9.17, 15) is 14.7 Å². The van der Waals surface area contributed by atoms with Crippen molar-refractivity contribution >= 4 is 28.8 Å². The van der Waals surface area contributed by atoms with Gasteiger partial charge in [-0.15, -0.1) is 11.3 Å². The Morgan fingerprint density at radius 1 is 1.20 bits per heavy atom. The smallest absolute Gasteiger partial charge is 0.295 e. The summed E-state index contributed by atoms with van der Waals surface area (Å²) >= 11 is 1.51. The first-order chi connectivity index (χ1) is 14.4. The molecule has 1 atom stereocenters. The maximum atomic E-state index is 13.1. The zero-order valence-corrected chi connectivity index (χ0v) is 18.4. The average molecular weight is 426 g/mol. The minimum atomic E-state index is -0.597. The minimum absolute atomic E-state index is 0.0425. The van der Waals surface area contributed by atoms with Crippen LogP contribution < -0.4 is 4.74 Å². The maximum Gasteiger partial charge on any atom is 0.295 e. The quantitative estimate of drug-likeness (QED) is 0.404. The number of rotatable bonds is 5. The molecule has 0 spiro atoms. The molecule has 1 aliphatic carbocycles. The van der Waals surface area contributed by atoms with Crippen molar-refractivity contribution in [3.05, 3.63) is 57.3 Å². The molecule has 158 valence electrons. The van der Waals surface area contributed by atoms with Gasteiger partial charge >= 0.3 is 0 Å². The van der Waals surface area contributed by atoms with Crippen LogP contribution in [0.3, 0.4) is 0 Å². The molecule has 1 aliphatic heterocycles. The number of hydrogen-bond acceptors (Lipinski definition) is 5. The molecule has 2 heterocycles. The van der Waals surface area contributed by atoms with Gasteiger partial charge in [-0.25, -0.2) is 0 Å². The maximum absolute atomic E-state index is 13.1. The van der Waals surface area contributed by atoms with Crippen LogP contribution in [-0.2, 0) is 9.59 Å². The number of Topliss-reactive ketones (excluding diaryl/α,β-unsaturated/α-hetero) is 1. The number of aliphatic hydroxyl groups is 1. The van der Waals surface area contributed by atoms with Gasteiger partial charge in [-0.3, -0.25) is 9.59 Å². The normalized spacial score (nSPS) is 21.7. The van der Waals surface area contributed by atoms with Gasteiger partial charge in [0.05, 0.1) is 18.7 Å². The number of amides is 1. The summed E-state index contributed by atoms with van der Waals surface area (Å²) in [5, 5.41) is 13.2. The van der Waals surface area contributed by atoms with Crippen LogP contribution in [0.25, 0.3) is 5.76 Å². The molecular weight excluding hydrogens is 398 g/mol. The number of nitrogens with zero attached hydrogens (tertiary/aromatic N) is 1. The van der Waals surface area contributed by atoms with Gasteiger partial charge in [-0.2, -0.15) is 0 Å². The van der Waals surface area contributed by atoms with Gasteiger partial charge in [0.1, 0.15) is 11.5 Å². The largest absolute Gasteiger partial charge is 0.507 e. The minimum Gasteiger partial charge on any atom is -0.507 e. The highest BCUT2D eigenvalue weighted by atomic mass is 32.1. The van der Waals surface area contributed by atoms with Crippen LogP contribution in [0.1, 0.15) is 67.5 Å². The molecule has 5 nitrogen and oxygen atoms in total. The van der Waals surface area contributed by atoms with Crippen molar-refractivity contribution in [3.63, 3.8) is 0 Å². The monoisotopic (exact) mass is 425 g/mol. The highest BCUT2D eigenvalue weighted by molar-refractivity contribution is 7.10. The lowest BCUT2D eigenvalue weighted by Gasteiger charge is -2.29. The molecule has 2 aliphatic rings. The van der Waals surface area contributed by atoms with E-state index in [0.29, 0.717) is 5.56 Å². The second-order valence-corrected chi connectivity index (χ2v) is 9.25. The summed E-state index contributed by atoms with van der Waals surface area (Å²) < 4.78 is 5.44. The van der Waals surface area contributed by atoms with E-state index in [-0.39, 0.29) is 23.3 Å². The van der Waals surface area contributed by atoms with Crippen LogP contribution in [0, 0.1) is 0 Å². The number of carbonyl (C=O) groups excluding carboxylic acids is 2. The second-order valence-electron chi connectivity index (χ2n) is 8.27. The summed E-state index contributed by atoms with van der Waals surface area (Å²) in [6.45, 7) is 4.10. The number of thiophene rings is 1.